The van der Waals surface area contributed by atoms with Gasteiger partial charge in [-0.25, -0.2) is 4.98 Å². The molecular formula is C21H34N6O. The van der Waals surface area contributed by atoms with Crippen LogP contribution in [0.4, 0.5) is 0 Å². The molecule has 7 heteroatoms. The summed E-state index contributed by atoms with van der Waals surface area (Å²) >= 11 is 0. The first-order valence-corrected chi connectivity index (χ1v) is 10.4. The van der Waals surface area contributed by atoms with E-state index in [4.69, 9.17) is 9.73 Å². The molecular weight excluding hydrogens is 352 g/mol. The van der Waals surface area contributed by atoms with Gasteiger partial charge in [0.2, 0.25) is 0 Å². The van der Waals surface area contributed by atoms with Crippen LogP contribution in [0.3, 0.4) is 0 Å². The van der Waals surface area contributed by atoms with Crippen molar-refractivity contribution < 1.29 is 4.74 Å². The van der Waals surface area contributed by atoms with E-state index in [1.165, 1.54) is 0 Å². The summed E-state index contributed by atoms with van der Waals surface area (Å²) in [4.78, 5) is 11.9. The summed E-state index contributed by atoms with van der Waals surface area (Å²) in [6, 6.07) is 6.05. The van der Waals surface area contributed by atoms with E-state index in [-0.39, 0.29) is 6.10 Å². The number of aromatic nitrogens is 2. The zero-order chi connectivity index (χ0) is 19.8. The Balaban J connectivity index is 1.48. The second-order valence-corrected chi connectivity index (χ2v) is 7.74. The SMILES string of the molecule is CCNC(=NCC1CN(CC(C)C)CCO1)NCCc1cn2ccccc2n1. The van der Waals surface area contributed by atoms with Crippen LogP contribution in [0.1, 0.15) is 26.5 Å². The molecule has 0 amide bonds. The minimum atomic E-state index is 0.168. The second kappa shape index (κ2) is 10.4. The summed E-state index contributed by atoms with van der Waals surface area (Å²) in [6.45, 7) is 12.8. The molecule has 0 aliphatic carbocycles. The lowest BCUT2D eigenvalue weighted by molar-refractivity contribution is -0.0261. The van der Waals surface area contributed by atoms with Gasteiger partial charge in [-0.3, -0.25) is 9.89 Å². The molecule has 3 rings (SSSR count). The number of nitrogens with one attached hydrogen (secondary N) is 2. The number of imidazole rings is 1. The summed E-state index contributed by atoms with van der Waals surface area (Å²) < 4.78 is 7.96. The molecule has 2 N–H and O–H groups in total. The van der Waals surface area contributed by atoms with Gasteiger partial charge in [0, 0.05) is 51.5 Å². The average molecular weight is 387 g/mol. The van der Waals surface area contributed by atoms with Crippen LogP contribution in [-0.2, 0) is 11.2 Å². The first kappa shape index (κ1) is 20.6. The molecule has 0 radical (unpaired) electrons. The Kier molecular flexibility index (Phi) is 7.68. The second-order valence-electron chi connectivity index (χ2n) is 7.74. The summed E-state index contributed by atoms with van der Waals surface area (Å²) in [5.74, 6) is 1.52. The Bertz CT molecular complexity index is 723. The topological polar surface area (TPSA) is 66.2 Å². The van der Waals surface area contributed by atoms with Gasteiger partial charge in [-0.05, 0) is 25.0 Å². The standard InChI is InChI=1S/C21H34N6O/c1-4-22-21(24-13-19-16-26(11-12-28-19)14-17(2)3)23-9-8-18-15-27-10-6-5-7-20(27)25-18/h5-7,10,15,17,19H,4,8-9,11-14,16H2,1-3H3,(H2,22,23,24). The van der Waals surface area contributed by atoms with Gasteiger partial charge in [0.1, 0.15) is 5.65 Å². The van der Waals surface area contributed by atoms with Gasteiger partial charge >= 0.3 is 0 Å². The Morgan fingerprint density at radius 3 is 3.04 bits per heavy atom. The fourth-order valence-corrected chi connectivity index (χ4v) is 3.52. The normalized spacial score (nSPS) is 18.7. The molecule has 2 aromatic rings. The largest absolute Gasteiger partial charge is 0.374 e. The van der Waals surface area contributed by atoms with E-state index in [9.17, 15) is 0 Å². The highest BCUT2D eigenvalue weighted by molar-refractivity contribution is 5.79. The maximum Gasteiger partial charge on any atom is 0.191 e. The minimum absolute atomic E-state index is 0.168. The van der Waals surface area contributed by atoms with Crippen molar-refractivity contribution in [3.63, 3.8) is 0 Å². The average Bonchev–Trinajstić information content (AvgIpc) is 3.08. The van der Waals surface area contributed by atoms with Gasteiger partial charge in [-0.2, -0.15) is 0 Å². The van der Waals surface area contributed by atoms with E-state index in [1.54, 1.807) is 0 Å². The molecule has 0 aromatic carbocycles. The third kappa shape index (κ3) is 6.21. The van der Waals surface area contributed by atoms with E-state index in [0.717, 1.165) is 63.1 Å². The molecule has 1 atom stereocenters. The lowest BCUT2D eigenvalue weighted by Crippen LogP contribution is -2.46. The molecule has 7 nitrogen and oxygen atoms in total. The van der Waals surface area contributed by atoms with Crippen LogP contribution in [0.2, 0.25) is 0 Å². The van der Waals surface area contributed by atoms with Crippen molar-refractivity contribution in [2.45, 2.75) is 33.3 Å². The number of pyridine rings is 1. The fourth-order valence-electron chi connectivity index (χ4n) is 3.52. The van der Waals surface area contributed by atoms with Gasteiger partial charge in [-0.15, -0.1) is 0 Å². The summed E-state index contributed by atoms with van der Waals surface area (Å²) in [5.41, 5.74) is 2.06. The number of rotatable bonds is 8. The van der Waals surface area contributed by atoms with Crippen LogP contribution in [0, 0.1) is 5.92 Å². The van der Waals surface area contributed by atoms with Crippen LogP contribution >= 0.6 is 0 Å². The maximum absolute atomic E-state index is 5.91. The van der Waals surface area contributed by atoms with Gasteiger partial charge in [0.25, 0.3) is 0 Å². The van der Waals surface area contributed by atoms with Crippen molar-refractivity contribution in [3.05, 3.63) is 36.3 Å². The lowest BCUT2D eigenvalue weighted by atomic mass is 10.2. The van der Waals surface area contributed by atoms with Gasteiger partial charge in [0.15, 0.2) is 5.96 Å². The minimum Gasteiger partial charge on any atom is -0.374 e. The van der Waals surface area contributed by atoms with E-state index < -0.39 is 0 Å². The molecule has 28 heavy (non-hydrogen) atoms. The van der Waals surface area contributed by atoms with Crippen LogP contribution in [0.15, 0.2) is 35.6 Å². The van der Waals surface area contributed by atoms with Gasteiger partial charge in [-0.1, -0.05) is 19.9 Å². The number of nitrogens with zero attached hydrogens (tertiary/aromatic N) is 4. The number of hydrogen-bond acceptors (Lipinski definition) is 4. The van der Waals surface area contributed by atoms with E-state index in [0.29, 0.717) is 12.5 Å². The van der Waals surface area contributed by atoms with Crippen LogP contribution in [-0.4, -0.2) is 72.2 Å². The van der Waals surface area contributed by atoms with E-state index >= 15 is 0 Å². The van der Waals surface area contributed by atoms with E-state index in [2.05, 4.69) is 51.9 Å². The van der Waals surface area contributed by atoms with Crippen LogP contribution in [0.5, 0.6) is 0 Å². The number of guanidine groups is 1. The molecule has 1 unspecified atom stereocenters. The smallest absolute Gasteiger partial charge is 0.191 e. The highest BCUT2D eigenvalue weighted by Gasteiger charge is 2.20. The summed E-state index contributed by atoms with van der Waals surface area (Å²) in [7, 11) is 0. The molecule has 154 valence electrons. The fraction of sp³-hybridized carbons (Fsp3) is 0.619. The third-order valence-corrected chi connectivity index (χ3v) is 4.73. The summed E-state index contributed by atoms with van der Waals surface area (Å²) in [5, 5.41) is 6.74. The molecule has 1 fully saturated rings. The first-order valence-electron chi connectivity index (χ1n) is 10.4. The van der Waals surface area contributed by atoms with Crippen molar-refractivity contribution in [2.75, 3.05) is 45.9 Å². The Morgan fingerprint density at radius 1 is 1.36 bits per heavy atom. The molecule has 3 heterocycles. The number of hydrogen-bond donors (Lipinski definition) is 2. The van der Waals surface area contributed by atoms with Gasteiger partial charge < -0.3 is 19.8 Å². The number of aliphatic imine (C=N–C) groups is 1. The van der Waals surface area contributed by atoms with Gasteiger partial charge in [0.05, 0.1) is 24.9 Å². The van der Waals surface area contributed by atoms with Crippen LogP contribution in [0.25, 0.3) is 5.65 Å². The maximum atomic E-state index is 5.91. The molecule has 1 aliphatic rings. The predicted octanol–water partition coefficient (Wildman–Crippen LogP) is 1.79. The predicted molar refractivity (Wildman–Crippen MR) is 114 cm³/mol. The zero-order valence-electron chi connectivity index (χ0n) is 17.4. The molecule has 0 spiro atoms. The van der Waals surface area contributed by atoms with Crippen molar-refractivity contribution >= 4 is 11.6 Å². The molecule has 1 aliphatic heterocycles. The lowest BCUT2D eigenvalue weighted by Gasteiger charge is -2.33. The number of ether oxygens (including phenoxy) is 1. The quantitative estimate of drug-likeness (QED) is 0.535. The molecule has 0 bridgehead atoms. The highest BCUT2D eigenvalue weighted by Crippen LogP contribution is 2.08. The number of morpholine rings is 1. The first-order chi connectivity index (χ1) is 13.6. The van der Waals surface area contributed by atoms with E-state index in [1.807, 2.05) is 24.4 Å². The molecule has 2 aromatic heterocycles. The zero-order valence-corrected chi connectivity index (χ0v) is 17.4. The molecule has 0 saturated carbocycles. The summed E-state index contributed by atoms with van der Waals surface area (Å²) in [6.07, 6.45) is 5.13. The van der Waals surface area contributed by atoms with Crippen molar-refractivity contribution in [3.8, 4) is 0 Å². The monoisotopic (exact) mass is 386 g/mol. The van der Waals surface area contributed by atoms with Crippen molar-refractivity contribution in [2.24, 2.45) is 10.9 Å². The highest BCUT2D eigenvalue weighted by atomic mass is 16.5. The number of fused-ring (bicyclic) bond motifs is 1. The Hall–Kier alpha value is -2.12. The van der Waals surface area contributed by atoms with Crippen molar-refractivity contribution in [1.82, 2.24) is 24.9 Å². The Morgan fingerprint density at radius 2 is 2.25 bits per heavy atom. The van der Waals surface area contributed by atoms with Crippen molar-refractivity contribution in [1.29, 1.82) is 0 Å². The molecule has 1 saturated heterocycles. The van der Waals surface area contributed by atoms with Crippen LogP contribution < -0.4 is 10.6 Å². The Labute approximate surface area is 168 Å². The third-order valence-electron chi connectivity index (χ3n) is 4.73.